The van der Waals surface area contributed by atoms with E-state index in [2.05, 4.69) is 550 Å². The van der Waals surface area contributed by atoms with Crippen molar-refractivity contribution in [2.24, 2.45) is 0 Å². The van der Waals surface area contributed by atoms with Crippen LogP contribution in [0, 0.1) is 0 Å². The molecule has 143 heavy (non-hydrogen) atoms. The number of rotatable bonds is 13. The molecule has 2 atom stereocenters. The fraction of sp³-hybridized carbons (Fsp3) is 0.0147. The minimum absolute atomic E-state index is 0.407. The minimum atomic E-state index is 0.407. The molecule has 6 nitrogen and oxygen atoms in total. The summed E-state index contributed by atoms with van der Waals surface area (Å²) < 4.78 is 7.47. The fourth-order valence-corrected chi connectivity index (χ4v) is 25.7. The van der Waals surface area contributed by atoms with Crippen molar-refractivity contribution in [1.29, 1.82) is 0 Å². The molecule has 0 bridgehead atoms. The third kappa shape index (κ3) is 12.9. The summed E-state index contributed by atoms with van der Waals surface area (Å²) in [4.78, 5) is 8.47. The average molecular weight is 1840 g/mol. The maximum Gasteiger partial charge on any atom is 0.0626 e. The zero-order valence-electron chi connectivity index (χ0n) is 77.9. The number of nitrogens with zero attached hydrogens (tertiary/aromatic N) is 6. The Hall–Kier alpha value is -18.3. The van der Waals surface area contributed by atoms with Crippen molar-refractivity contribution < 1.29 is 0 Å². The monoisotopic (exact) mass is 1840 g/mol. The van der Waals surface area contributed by atoms with Crippen molar-refractivity contribution in [1.82, 2.24) is 13.7 Å². The van der Waals surface area contributed by atoms with Gasteiger partial charge in [-0.3, -0.25) is 0 Å². The first-order valence-electron chi connectivity index (χ1n) is 49.4. The summed E-state index contributed by atoms with van der Waals surface area (Å²) in [7, 11) is 0. The Morgan fingerprint density at radius 1 is 0.196 bits per heavy atom. The van der Waals surface area contributed by atoms with Gasteiger partial charge in [0.25, 0.3) is 0 Å². The highest BCUT2D eigenvalue weighted by atomic mass is 32.2. The fourth-order valence-electron chi connectivity index (χ4n) is 24.3. The van der Waals surface area contributed by atoms with E-state index in [1.165, 1.54) is 203 Å². The van der Waals surface area contributed by atoms with E-state index in [-0.39, 0.29) is 0 Å². The average Bonchev–Trinajstić information content (AvgIpc) is 1.55. The van der Waals surface area contributed by atoms with Crippen LogP contribution in [0.4, 0.5) is 51.2 Å². The lowest BCUT2D eigenvalue weighted by Gasteiger charge is -2.27. The van der Waals surface area contributed by atoms with Crippen LogP contribution in [0.2, 0.25) is 0 Å². The molecule has 0 saturated heterocycles. The van der Waals surface area contributed by atoms with Gasteiger partial charge in [-0.15, -0.1) is 11.8 Å². The Morgan fingerprint density at radius 3 is 1.05 bits per heavy atom. The van der Waals surface area contributed by atoms with Gasteiger partial charge in [0.05, 0.1) is 33.1 Å². The van der Waals surface area contributed by atoms with E-state index in [0.29, 0.717) is 11.2 Å². The summed E-state index contributed by atoms with van der Waals surface area (Å²) in [6.07, 6.45) is 9.09. The van der Waals surface area contributed by atoms with Gasteiger partial charge in [-0.25, -0.2) is 0 Å². The van der Waals surface area contributed by atoms with Crippen LogP contribution in [-0.2, 0) is 0 Å². The van der Waals surface area contributed by atoms with Gasteiger partial charge in [0.1, 0.15) is 0 Å². The quantitative estimate of drug-likeness (QED) is 0.107. The van der Waals surface area contributed by atoms with Gasteiger partial charge in [-0.2, -0.15) is 0 Å². The van der Waals surface area contributed by atoms with Crippen LogP contribution in [0.5, 0.6) is 0 Å². The van der Waals surface area contributed by atoms with E-state index in [9.17, 15) is 0 Å². The van der Waals surface area contributed by atoms with Gasteiger partial charge in [0.2, 0.25) is 0 Å². The first kappa shape index (κ1) is 81.9. The smallest absolute Gasteiger partial charge is 0.0626 e. The van der Waals surface area contributed by atoms with Gasteiger partial charge in [0.15, 0.2) is 0 Å². The lowest BCUT2D eigenvalue weighted by molar-refractivity contribution is 0.880. The number of aromatic nitrogens is 3. The Morgan fingerprint density at radius 2 is 0.538 bits per heavy atom. The Kier molecular flexibility index (Phi) is 19.0. The Balaban J connectivity index is 0.000000102. The zero-order valence-corrected chi connectivity index (χ0v) is 78.7. The van der Waals surface area contributed by atoms with Crippen molar-refractivity contribution in [2.45, 2.75) is 16.1 Å². The van der Waals surface area contributed by atoms with Crippen LogP contribution in [0.25, 0.3) is 203 Å². The van der Waals surface area contributed by atoms with Gasteiger partial charge in [-0.05, 0) is 274 Å². The minimum Gasteiger partial charge on any atom is -0.310 e. The number of benzene rings is 23. The molecule has 0 amide bonds. The highest BCUT2D eigenvalue weighted by Crippen LogP contribution is 2.58. The van der Waals surface area contributed by atoms with Crippen molar-refractivity contribution in [3.8, 4) is 95.0 Å². The first-order chi connectivity index (χ1) is 71.0. The van der Waals surface area contributed by atoms with E-state index in [1.54, 1.807) is 0 Å². The predicted molar refractivity (Wildman–Crippen MR) is 606 cm³/mol. The molecule has 668 valence electrons. The van der Waals surface area contributed by atoms with Gasteiger partial charge in [-0.1, -0.05) is 358 Å². The molecule has 23 aromatic carbocycles. The first-order valence-corrected chi connectivity index (χ1v) is 50.3. The number of thioether (sulfide) groups is 1. The standard InChI is InChI=1S/C46H30N2S.C46H30N2.C44H28N2/c1-2-12-30(13-3-1)47(33-24-26-43-39(28-33)36-18-6-7-22-42(36)49-43)31-14-9-15-32(27-31)48-40-21-10-20-38-35-17-5-4-16-34(35)37-19-8-11-29-23-25-41(48)46(44(29)37)45(38)40;1-4-14-31(15-5-1)37-27-29-42-46-44(37)40-24-11-10-23-38(40)39-25-12-16-32-26-28-41(45(46)43(32)39)48(42)36-22-13-21-35(30-36)47(33-17-6-2-7-18-33)34-19-8-3-9-20-34;1-3-14-29(15-4-1)45(30-16-5-2-6-17-30)31-18-11-19-32(28-31)46-40-27-13-26-38-34-21-8-7-20-33(34)36-24-12-25-37-35-22-9-10-23-39(35)44(46)43(41(36)37)42(38)40/h1-28,36,42H;1-30H;1-28H. The van der Waals surface area contributed by atoms with Crippen molar-refractivity contribution >= 4 is 171 Å². The lowest BCUT2D eigenvalue weighted by atomic mass is 9.88. The highest BCUT2D eigenvalue weighted by molar-refractivity contribution is 8.00. The van der Waals surface area contributed by atoms with Crippen LogP contribution in [-0.4, -0.2) is 19.0 Å². The molecule has 4 aliphatic carbocycles. The molecule has 0 spiro atoms. The Bertz CT molecular complexity index is 9700. The summed E-state index contributed by atoms with van der Waals surface area (Å²) >= 11 is 1.98. The van der Waals surface area contributed by atoms with Crippen LogP contribution < -0.4 is 14.7 Å². The van der Waals surface area contributed by atoms with E-state index in [1.807, 2.05) is 11.8 Å². The number of hydrogen-bond acceptors (Lipinski definition) is 4. The van der Waals surface area contributed by atoms with Crippen LogP contribution >= 0.6 is 11.8 Å². The van der Waals surface area contributed by atoms with E-state index in [4.69, 9.17) is 0 Å². The van der Waals surface area contributed by atoms with Crippen LogP contribution in [0.1, 0.15) is 11.5 Å². The molecule has 1 aliphatic heterocycles. The van der Waals surface area contributed by atoms with E-state index < -0.39 is 0 Å². The molecule has 0 fully saturated rings. The third-order valence-corrected chi connectivity index (χ3v) is 31.5. The van der Waals surface area contributed by atoms with E-state index >= 15 is 0 Å². The van der Waals surface area contributed by atoms with E-state index in [0.717, 1.165) is 62.6 Å². The lowest BCUT2D eigenvalue weighted by Crippen LogP contribution is -2.12. The number of para-hydroxylation sites is 5. The topological polar surface area (TPSA) is 24.5 Å². The molecule has 26 aromatic rings. The molecule has 5 aliphatic rings. The molecule has 7 heteroatoms. The highest BCUT2D eigenvalue weighted by Gasteiger charge is 2.35. The molecule has 2 unspecified atom stereocenters. The second-order valence-electron chi connectivity index (χ2n) is 37.9. The molecule has 0 saturated carbocycles. The number of fused-ring (bicyclic) bond motifs is 15. The summed E-state index contributed by atoms with van der Waals surface area (Å²) in [5.41, 5.74) is 40.4. The predicted octanol–water partition coefficient (Wildman–Crippen LogP) is 37.7. The van der Waals surface area contributed by atoms with Gasteiger partial charge in [0, 0.05) is 133 Å². The molecule has 3 aromatic heterocycles. The number of allylic oxidation sites excluding steroid dienone is 3. The molecular weight excluding hydrogens is 1750 g/mol. The largest absolute Gasteiger partial charge is 0.310 e. The maximum absolute atomic E-state index is 2.51. The van der Waals surface area contributed by atoms with Crippen molar-refractivity contribution in [3.05, 3.63) is 527 Å². The van der Waals surface area contributed by atoms with Crippen molar-refractivity contribution in [3.63, 3.8) is 0 Å². The molecule has 31 rings (SSSR count). The van der Waals surface area contributed by atoms with Gasteiger partial charge < -0.3 is 28.4 Å². The van der Waals surface area contributed by atoms with Crippen molar-refractivity contribution in [2.75, 3.05) is 14.7 Å². The third-order valence-electron chi connectivity index (χ3n) is 30.2. The van der Waals surface area contributed by atoms with Crippen LogP contribution in [0.3, 0.4) is 0 Å². The SMILES string of the molecule is C1=CC2Sc3ccc(N(c4ccccc4)c4cccc(-n5c6cccc7c6c6c8c(cccc8ccc65)-c5ccccc5-7)c4)cc3C2C=C1.c1ccc(-c2ccc3c4c2-c2ccccc2-c2cccc5ccc(c4c25)n3-c2cccc(N(c3ccccc3)c3ccccc3)c2)cc1.c1ccc(N(c2ccccc2)c2cccc(-n3c4cccc5c4c4c6c(cccc6c6ccccc6c43)-c3ccccc3-5)c2)cc1. The normalized spacial score (nSPS) is 13.5. The summed E-state index contributed by atoms with van der Waals surface area (Å²) in [5.74, 6) is 0.407. The number of hydrogen-bond donors (Lipinski definition) is 0. The summed E-state index contributed by atoms with van der Waals surface area (Å²) in [5, 5.41) is 18.8. The Labute approximate surface area is 832 Å². The summed E-state index contributed by atoms with van der Waals surface area (Å²) in [6.45, 7) is 0. The van der Waals surface area contributed by atoms with Gasteiger partial charge >= 0.3 is 0 Å². The second-order valence-corrected chi connectivity index (χ2v) is 39.1. The molecule has 0 radical (unpaired) electrons. The molecule has 4 heterocycles. The molecule has 0 N–H and O–H groups in total. The zero-order chi connectivity index (χ0) is 93.8. The maximum atomic E-state index is 2.51. The summed E-state index contributed by atoms with van der Waals surface area (Å²) in [6, 6.07) is 182. The number of anilines is 9. The molecular formula is C136H88N6S. The second kappa shape index (κ2) is 33.3. The van der Waals surface area contributed by atoms with Crippen LogP contribution in [0.15, 0.2) is 527 Å².